The molecule has 0 bridgehead atoms. The van der Waals surface area contributed by atoms with E-state index < -0.39 is 0 Å². The summed E-state index contributed by atoms with van der Waals surface area (Å²) in [5.41, 5.74) is 1.93. The highest BCUT2D eigenvalue weighted by Crippen LogP contribution is 2.28. The van der Waals surface area contributed by atoms with E-state index in [4.69, 9.17) is 4.74 Å². The van der Waals surface area contributed by atoms with Crippen LogP contribution in [0.4, 0.5) is 0 Å². The predicted octanol–water partition coefficient (Wildman–Crippen LogP) is 3.62. The maximum Gasteiger partial charge on any atom is 0.166 e. The third kappa shape index (κ3) is 3.38. The zero-order valence-corrected chi connectivity index (χ0v) is 11.8. The molecule has 2 aromatic carbocycles. The van der Waals surface area contributed by atoms with Gasteiger partial charge in [-0.2, -0.15) is 0 Å². The molecule has 1 atom stereocenters. The first-order chi connectivity index (χ1) is 9.72. The number of hydrogen-bond acceptors (Lipinski definition) is 3. The van der Waals surface area contributed by atoms with Crippen molar-refractivity contribution in [3.63, 3.8) is 0 Å². The molecule has 0 unspecified atom stereocenters. The smallest absolute Gasteiger partial charge is 0.166 e. The van der Waals surface area contributed by atoms with Gasteiger partial charge < -0.3 is 9.84 Å². The van der Waals surface area contributed by atoms with Gasteiger partial charge >= 0.3 is 0 Å². The number of ether oxygens (including phenoxy) is 1. The number of nitrogens with zero attached hydrogens (tertiary/aromatic N) is 1. The van der Waals surface area contributed by atoms with E-state index in [1.54, 1.807) is 12.3 Å². The molecule has 20 heavy (non-hydrogen) atoms. The third-order valence-electron chi connectivity index (χ3n) is 3.23. The fourth-order valence-electron chi connectivity index (χ4n) is 2.00. The number of benzene rings is 2. The second-order valence-corrected chi connectivity index (χ2v) is 4.70. The van der Waals surface area contributed by atoms with Crippen LogP contribution in [0.3, 0.4) is 0 Å². The predicted molar refractivity (Wildman–Crippen MR) is 82.0 cm³/mol. The van der Waals surface area contributed by atoms with Crippen LogP contribution in [0.2, 0.25) is 0 Å². The highest BCUT2D eigenvalue weighted by molar-refractivity contribution is 5.84. The highest BCUT2D eigenvalue weighted by Gasteiger charge is 2.06. The van der Waals surface area contributed by atoms with Crippen LogP contribution >= 0.6 is 0 Å². The van der Waals surface area contributed by atoms with Crippen LogP contribution in [0.15, 0.2) is 53.5 Å². The Balaban J connectivity index is 2.04. The first kappa shape index (κ1) is 14.1. The second kappa shape index (κ2) is 6.75. The Hall–Kier alpha value is -2.29. The van der Waals surface area contributed by atoms with Crippen LogP contribution < -0.4 is 4.74 Å². The minimum absolute atomic E-state index is 0.131. The molecule has 0 aliphatic carbocycles. The molecule has 0 aliphatic heterocycles. The second-order valence-electron chi connectivity index (χ2n) is 4.70. The third-order valence-corrected chi connectivity index (χ3v) is 3.23. The molecule has 0 aliphatic rings. The number of phenolic OH excluding ortho intramolecular Hbond substituents is 1. The van der Waals surface area contributed by atoms with Crippen molar-refractivity contribution in [3.8, 4) is 11.5 Å². The summed E-state index contributed by atoms with van der Waals surface area (Å²) in [5, 5.41) is 9.95. The summed E-state index contributed by atoms with van der Waals surface area (Å²) in [7, 11) is 1.54. The van der Waals surface area contributed by atoms with E-state index in [9.17, 15) is 5.11 Å². The Kier molecular flexibility index (Phi) is 4.77. The normalized spacial score (nSPS) is 12.5. The van der Waals surface area contributed by atoms with Crippen molar-refractivity contribution in [1.29, 1.82) is 0 Å². The number of para-hydroxylation sites is 1. The molecule has 2 rings (SSSR count). The summed E-state index contributed by atoms with van der Waals surface area (Å²) >= 11 is 0. The van der Waals surface area contributed by atoms with Gasteiger partial charge in [-0.3, -0.25) is 4.99 Å². The molecule has 0 spiro atoms. The van der Waals surface area contributed by atoms with Crippen molar-refractivity contribution in [1.82, 2.24) is 0 Å². The molecule has 104 valence electrons. The lowest BCUT2D eigenvalue weighted by Gasteiger charge is -2.08. The van der Waals surface area contributed by atoms with Crippen LogP contribution in [-0.2, 0) is 0 Å². The number of phenols is 1. The maximum absolute atomic E-state index is 9.95. The van der Waals surface area contributed by atoms with E-state index in [1.165, 1.54) is 12.7 Å². The van der Waals surface area contributed by atoms with E-state index in [2.05, 4.69) is 24.0 Å². The minimum atomic E-state index is 0.131. The maximum atomic E-state index is 9.95. The van der Waals surface area contributed by atoms with E-state index in [-0.39, 0.29) is 5.75 Å². The SMILES string of the molecule is COc1cccc(C=NC[C@H](C)c2ccccc2)c1O. The van der Waals surface area contributed by atoms with Gasteiger partial charge in [0.05, 0.1) is 7.11 Å². The molecule has 0 amide bonds. The molecular formula is C17H19NO2. The molecule has 0 saturated heterocycles. The highest BCUT2D eigenvalue weighted by atomic mass is 16.5. The van der Waals surface area contributed by atoms with Crippen molar-refractivity contribution in [2.45, 2.75) is 12.8 Å². The number of aromatic hydroxyl groups is 1. The number of hydrogen-bond donors (Lipinski definition) is 1. The van der Waals surface area contributed by atoms with Gasteiger partial charge in [-0.25, -0.2) is 0 Å². The minimum Gasteiger partial charge on any atom is -0.504 e. The fraction of sp³-hybridized carbons (Fsp3) is 0.235. The topological polar surface area (TPSA) is 41.8 Å². The van der Waals surface area contributed by atoms with Crippen molar-refractivity contribution < 1.29 is 9.84 Å². The van der Waals surface area contributed by atoms with Crippen molar-refractivity contribution >= 4 is 6.21 Å². The van der Waals surface area contributed by atoms with Crippen molar-refractivity contribution in [2.75, 3.05) is 13.7 Å². The van der Waals surface area contributed by atoms with E-state index in [1.807, 2.05) is 30.3 Å². The lowest BCUT2D eigenvalue weighted by molar-refractivity contribution is 0.373. The van der Waals surface area contributed by atoms with Gasteiger partial charge in [-0.1, -0.05) is 43.3 Å². The molecule has 0 aromatic heterocycles. The van der Waals surface area contributed by atoms with E-state index >= 15 is 0 Å². The summed E-state index contributed by atoms with van der Waals surface area (Å²) in [6, 6.07) is 15.6. The average molecular weight is 269 g/mol. The van der Waals surface area contributed by atoms with Gasteiger partial charge in [0.25, 0.3) is 0 Å². The van der Waals surface area contributed by atoms with E-state index in [0.717, 1.165) is 0 Å². The van der Waals surface area contributed by atoms with E-state index in [0.29, 0.717) is 23.8 Å². The molecule has 0 fully saturated rings. The zero-order valence-electron chi connectivity index (χ0n) is 11.8. The summed E-state index contributed by atoms with van der Waals surface area (Å²) < 4.78 is 5.07. The first-order valence-corrected chi connectivity index (χ1v) is 6.63. The molecule has 1 N–H and O–H groups in total. The van der Waals surface area contributed by atoms with Gasteiger partial charge in [0.1, 0.15) is 0 Å². The van der Waals surface area contributed by atoms with Gasteiger partial charge in [-0.15, -0.1) is 0 Å². The van der Waals surface area contributed by atoms with Gasteiger partial charge in [0, 0.05) is 24.2 Å². The Labute approximate surface area is 119 Å². The van der Waals surface area contributed by atoms with Gasteiger partial charge in [0.15, 0.2) is 11.5 Å². The molecule has 0 heterocycles. The Morgan fingerprint density at radius 2 is 1.90 bits per heavy atom. The molecule has 2 aromatic rings. The molecular weight excluding hydrogens is 250 g/mol. The van der Waals surface area contributed by atoms with Crippen LogP contribution in [0.1, 0.15) is 24.0 Å². The first-order valence-electron chi connectivity index (χ1n) is 6.63. The molecule has 3 heteroatoms. The number of aliphatic imine (C=N–C) groups is 1. The lowest BCUT2D eigenvalue weighted by atomic mass is 10.0. The summed E-state index contributed by atoms with van der Waals surface area (Å²) in [6.07, 6.45) is 1.69. The molecule has 0 saturated carbocycles. The van der Waals surface area contributed by atoms with Crippen LogP contribution in [-0.4, -0.2) is 25.0 Å². The van der Waals surface area contributed by atoms with Gasteiger partial charge in [0.2, 0.25) is 0 Å². The van der Waals surface area contributed by atoms with Crippen LogP contribution in [0.5, 0.6) is 11.5 Å². The largest absolute Gasteiger partial charge is 0.504 e. The number of rotatable bonds is 5. The average Bonchev–Trinajstić information content (AvgIpc) is 2.49. The lowest BCUT2D eigenvalue weighted by Crippen LogP contribution is -1.98. The van der Waals surface area contributed by atoms with Gasteiger partial charge in [-0.05, 0) is 17.7 Å². The summed E-state index contributed by atoms with van der Waals surface area (Å²) in [6.45, 7) is 2.82. The Bertz CT molecular complexity index is 579. The van der Waals surface area contributed by atoms with Crippen LogP contribution in [0.25, 0.3) is 0 Å². The number of methoxy groups -OCH3 is 1. The molecule has 0 radical (unpaired) electrons. The quantitative estimate of drug-likeness (QED) is 0.842. The van der Waals surface area contributed by atoms with Crippen LogP contribution in [0, 0.1) is 0 Å². The Morgan fingerprint density at radius 3 is 2.60 bits per heavy atom. The molecule has 3 nitrogen and oxygen atoms in total. The summed E-state index contributed by atoms with van der Waals surface area (Å²) in [4.78, 5) is 4.41. The fourth-order valence-corrected chi connectivity index (χ4v) is 2.00. The zero-order chi connectivity index (χ0) is 14.4. The summed E-state index contributed by atoms with van der Waals surface area (Å²) in [5.74, 6) is 0.941. The monoisotopic (exact) mass is 269 g/mol. The standard InChI is InChI=1S/C17H19NO2/c1-13(14-7-4-3-5-8-14)11-18-12-15-9-6-10-16(20-2)17(15)19/h3-10,12-13,19H,11H2,1-2H3/t13-/m0/s1. The van der Waals surface area contributed by atoms with Crippen molar-refractivity contribution in [3.05, 3.63) is 59.7 Å². The Morgan fingerprint density at radius 1 is 1.15 bits per heavy atom. The van der Waals surface area contributed by atoms with Crippen molar-refractivity contribution in [2.24, 2.45) is 4.99 Å².